The molecule has 0 aliphatic rings. The number of aromatic nitrogens is 6. The fraction of sp³-hybridized carbons (Fsp3) is 0.250. The zero-order valence-corrected chi connectivity index (χ0v) is 16.7. The molecular formula is C20H20N6OS. The first kappa shape index (κ1) is 18.4. The molecule has 28 heavy (non-hydrogen) atoms. The molecule has 0 saturated heterocycles. The van der Waals surface area contributed by atoms with Crippen LogP contribution in [0.2, 0.25) is 0 Å². The van der Waals surface area contributed by atoms with Gasteiger partial charge in [0.15, 0.2) is 0 Å². The number of nitrogens with zero attached hydrogens (tertiary/aromatic N) is 6. The third-order valence-electron chi connectivity index (χ3n) is 4.34. The quantitative estimate of drug-likeness (QED) is 0.440. The molecule has 0 saturated carbocycles. The van der Waals surface area contributed by atoms with Crippen molar-refractivity contribution in [2.24, 2.45) is 0 Å². The molecule has 2 aromatic carbocycles. The van der Waals surface area contributed by atoms with Gasteiger partial charge in [0.2, 0.25) is 16.9 Å². The first-order valence-electron chi connectivity index (χ1n) is 9.06. The van der Waals surface area contributed by atoms with Gasteiger partial charge in [-0.3, -0.25) is 0 Å². The van der Waals surface area contributed by atoms with E-state index in [2.05, 4.69) is 51.7 Å². The summed E-state index contributed by atoms with van der Waals surface area (Å²) in [5.74, 6) is 1.52. The van der Waals surface area contributed by atoms with E-state index in [1.165, 1.54) is 17.3 Å². The molecule has 0 amide bonds. The van der Waals surface area contributed by atoms with Gasteiger partial charge in [0.05, 0.1) is 10.9 Å². The number of rotatable bonds is 6. The third-order valence-corrected chi connectivity index (χ3v) is 5.36. The minimum Gasteiger partial charge on any atom is -0.419 e. The Kier molecular flexibility index (Phi) is 5.21. The van der Waals surface area contributed by atoms with Gasteiger partial charge < -0.3 is 4.42 Å². The summed E-state index contributed by atoms with van der Waals surface area (Å²) in [5.41, 5.74) is 3.09. The number of hydrogen-bond donors (Lipinski definition) is 0. The summed E-state index contributed by atoms with van der Waals surface area (Å²) >= 11 is 1.47. The lowest BCUT2D eigenvalue weighted by atomic mass is 10.0. The molecule has 0 N–H and O–H groups in total. The van der Waals surface area contributed by atoms with E-state index in [-0.39, 0.29) is 5.25 Å². The predicted molar refractivity (Wildman–Crippen MR) is 107 cm³/mol. The maximum atomic E-state index is 5.85. The number of hydrogen-bond acceptors (Lipinski definition) is 7. The lowest BCUT2D eigenvalue weighted by molar-refractivity contribution is 0.509. The Hall–Kier alpha value is -3.00. The zero-order valence-electron chi connectivity index (χ0n) is 15.9. The molecule has 0 radical (unpaired) electrons. The number of benzene rings is 2. The van der Waals surface area contributed by atoms with Gasteiger partial charge in [0.25, 0.3) is 0 Å². The average Bonchev–Trinajstić information content (AvgIpc) is 3.38. The molecule has 0 aliphatic carbocycles. The van der Waals surface area contributed by atoms with E-state index in [0.29, 0.717) is 22.9 Å². The predicted octanol–water partition coefficient (Wildman–Crippen LogP) is 4.69. The van der Waals surface area contributed by atoms with Crippen LogP contribution in [0.1, 0.15) is 43.4 Å². The average molecular weight is 392 g/mol. The van der Waals surface area contributed by atoms with Crippen LogP contribution in [-0.4, -0.2) is 30.4 Å². The molecule has 7 nitrogen and oxygen atoms in total. The fourth-order valence-corrected chi connectivity index (χ4v) is 3.56. The van der Waals surface area contributed by atoms with Gasteiger partial charge in [0.1, 0.15) is 0 Å². The Morgan fingerprint density at radius 2 is 1.64 bits per heavy atom. The van der Waals surface area contributed by atoms with E-state index in [9.17, 15) is 0 Å². The van der Waals surface area contributed by atoms with E-state index in [1.807, 2.05) is 49.4 Å². The van der Waals surface area contributed by atoms with Crippen molar-refractivity contribution in [1.82, 2.24) is 30.4 Å². The van der Waals surface area contributed by atoms with Gasteiger partial charge >= 0.3 is 0 Å². The molecule has 4 rings (SSSR count). The van der Waals surface area contributed by atoms with Crippen molar-refractivity contribution < 1.29 is 4.42 Å². The maximum absolute atomic E-state index is 5.85. The lowest BCUT2D eigenvalue weighted by Crippen LogP contribution is -2.01. The minimum atomic E-state index is -0.0929. The van der Waals surface area contributed by atoms with Gasteiger partial charge in [0, 0.05) is 5.56 Å². The highest BCUT2D eigenvalue weighted by Crippen LogP contribution is 2.34. The molecule has 142 valence electrons. The Morgan fingerprint density at radius 1 is 0.893 bits per heavy atom. The molecule has 0 bridgehead atoms. The SMILES string of the molecule is CC(C)c1ccc(-n2nnnc2SC(C)c2nnc(-c3ccccc3)o2)cc1. The van der Waals surface area contributed by atoms with Crippen molar-refractivity contribution in [3.63, 3.8) is 0 Å². The summed E-state index contributed by atoms with van der Waals surface area (Å²) in [6.07, 6.45) is 0. The maximum Gasteiger partial charge on any atom is 0.247 e. The van der Waals surface area contributed by atoms with Crippen LogP contribution in [-0.2, 0) is 0 Å². The van der Waals surface area contributed by atoms with Crippen LogP contribution < -0.4 is 0 Å². The monoisotopic (exact) mass is 392 g/mol. The molecule has 8 heteroatoms. The van der Waals surface area contributed by atoms with Gasteiger partial charge in [-0.1, -0.05) is 55.9 Å². The third kappa shape index (κ3) is 3.82. The van der Waals surface area contributed by atoms with Crippen molar-refractivity contribution in [2.45, 2.75) is 37.1 Å². The Morgan fingerprint density at radius 3 is 2.36 bits per heavy atom. The number of thioether (sulfide) groups is 1. The largest absolute Gasteiger partial charge is 0.419 e. The molecular weight excluding hydrogens is 372 g/mol. The Bertz CT molecular complexity index is 1040. The first-order chi connectivity index (χ1) is 13.6. The molecule has 2 heterocycles. The Balaban J connectivity index is 1.52. The first-order valence-corrected chi connectivity index (χ1v) is 9.94. The minimum absolute atomic E-state index is 0.0929. The summed E-state index contributed by atoms with van der Waals surface area (Å²) in [4.78, 5) is 0. The normalized spacial score (nSPS) is 12.4. The second kappa shape index (κ2) is 7.93. The molecule has 2 aromatic heterocycles. The molecule has 4 aromatic rings. The molecule has 1 atom stereocenters. The van der Waals surface area contributed by atoms with Crippen LogP contribution in [0.15, 0.2) is 64.2 Å². The van der Waals surface area contributed by atoms with Gasteiger partial charge in [-0.15, -0.1) is 15.3 Å². The van der Waals surface area contributed by atoms with Crippen molar-refractivity contribution >= 4 is 11.8 Å². The fourth-order valence-electron chi connectivity index (χ4n) is 2.72. The van der Waals surface area contributed by atoms with Gasteiger partial charge in [-0.2, -0.15) is 4.68 Å². The van der Waals surface area contributed by atoms with Crippen molar-refractivity contribution in [2.75, 3.05) is 0 Å². The van der Waals surface area contributed by atoms with Crippen LogP contribution in [0.25, 0.3) is 17.1 Å². The van der Waals surface area contributed by atoms with Crippen molar-refractivity contribution in [3.05, 3.63) is 66.1 Å². The molecule has 0 spiro atoms. The Labute approximate surface area is 167 Å². The lowest BCUT2D eigenvalue weighted by Gasteiger charge is -2.09. The van der Waals surface area contributed by atoms with E-state index < -0.39 is 0 Å². The summed E-state index contributed by atoms with van der Waals surface area (Å²) in [5, 5.41) is 21.0. The van der Waals surface area contributed by atoms with Crippen molar-refractivity contribution in [3.8, 4) is 17.1 Å². The smallest absolute Gasteiger partial charge is 0.247 e. The van der Waals surface area contributed by atoms with E-state index in [1.54, 1.807) is 4.68 Å². The van der Waals surface area contributed by atoms with Gasteiger partial charge in [-0.05, 0) is 53.1 Å². The second-order valence-corrected chi connectivity index (χ2v) is 8.00. The topological polar surface area (TPSA) is 82.5 Å². The summed E-state index contributed by atoms with van der Waals surface area (Å²) in [6, 6.07) is 18.0. The molecule has 0 aliphatic heterocycles. The van der Waals surface area contributed by atoms with Crippen LogP contribution in [0.4, 0.5) is 0 Å². The van der Waals surface area contributed by atoms with Crippen LogP contribution in [0.5, 0.6) is 0 Å². The van der Waals surface area contributed by atoms with Crippen LogP contribution in [0.3, 0.4) is 0 Å². The summed E-state index contributed by atoms with van der Waals surface area (Å²) < 4.78 is 7.57. The van der Waals surface area contributed by atoms with E-state index >= 15 is 0 Å². The highest BCUT2D eigenvalue weighted by molar-refractivity contribution is 7.99. The van der Waals surface area contributed by atoms with E-state index in [4.69, 9.17) is 4.42 Å². The second-order valence-electron chi connectivity index (χ2n) is 6.69. The van der Waals surface area contributed by atoms with E-state index in [0.717, 1.165) is 11.3 Å². The highest BCUT2D eigenvalue weighted by atomic mass is 32.2. The highest BCUT2D eigenvalue weighted by Gasteiger charge is 2.20. The summed E-state index contributed by atoms with van der Waals surface area (Å²) in [7, 11) is 0. The zero-order chi connectivity index (χ0) is 19.5. The molecule has 0 fully saturated rings. The molecule has 1 unspecified atom stereocenters. The number of tetrazole rings is 1. The standard InChI is InChI=1S/C20H20N6OS/c1-13(2)15-9-11-17(12-10-15)26-20(23-24-25-26)28-14(3)18-21-22-19(27-18)16-7-5-4-6-8-16/h4-14H,1-3H3. The van der Waals surface area contributed by atoms with Gasteiger partial charge in [-0.25, -0.2) is 0 Å². The van der Waals surface area contributed by atoms with Crippen LogP contribution >= 0.6 is 11.8 Å². The summed E-state index contributed by atoms with van der Waals surface area (Å²) in [6.45, 7) is 6.33. The van der Waals surface area contributed by atoms with Crippen molar-refractivity contribution in [1.29, 1.82) is 0 Å². The van der Waals surface area contributed by atoms with Crippen LogP contribution in [0, 0.1) is 0 Å².